The van der Waals surface area contributed by atoms with Crippen LogP contribution in [0.2, 0.25) is 5.02 Å². The first-order valence-electron chi connectivity index (χ1n) is 6.06. The van der Waals surface area contributed by atoms with Crippen molar-refractivity contribution in [3.05, 3.63) is 62.7 Å². The fraction of sp³-hybridized carbons (Fsp3) is 0. The molecule has 22 heavy (non-hydrogen) atoms. The Balaban J connectivity index is 2.14. The van der Waals surface area contributed by atoms with Crippen molar-refractivity contribution in [2.24, 2.45) is 0 Å². The molecule has 8 heteroatoms. The molecule has 0 atom stereocenters. The first kappa shape index (κ1) is 14.0. The zero-order chi connectivity index (χ0) is 16.0. The molecule has 7 nitrogen and oxygen atoms in total. The van der Waals surface area contributed by atoms with E-state index in [1.807, 2.05) is 0 Å². The molecule has 2 aromatic rings. The van der Waals surface area contributed by atoms with Crippen molar-refractivity contribution >= 4 is 34.8 Å². The van der Waals surface area contributed by atoms with Crippen LogP contribution in [0.1, 0.15) is 20.7 Å². The van der Waals surface area contributed by atoms with Crippen molar-refractivity contribution in [2.75, 3.05) is 4.90 Å². The van der Waals surface area contributed by atoms with Crippen LogP contribution < -0.4 is 4.90 Å². The lowest BCUT2D eigenvalue weighted by molar-refractivity contribution is -0.384. The first-order valence-corrected chi connectivity index (χ1v) is 6.43. The van der Waals surface area contributed by atoms with Crippen molar-refractivity contribution in [2.45, 2.75) is 0 Å². The zero-order valence-electron chi connectivity index (χ0n) is 10.8. The molecule has 0 saturated heterocycles. The minimum Gasteiger partial charge on any atom is -0.506 e. The molecule has 0 spiro atoms. The van der Waals surface area contributed by atoms with E-state index < -0.39 is 16.7 Å². The summed E-state index contributed by atoms with van der Waals surface area (Å²) < 4.78 is 0. The van der Waals surface area contributed by atoms with Crippen molar-refractivity contribution in [1.82, 2.24) is 0 Å². The second-order valence-corrected chi connectivity index (χ2v) is 5.00. The van der Waals surface area contributed by atoms with E-state index in [9.17, 15) is 24.8 Å². The number of halogens is 1. The largest absolute Gasteiger partial charge is 0.506 e. The van der Waals surface area contributed by atoms with Crippen LogP contribution >= 0.6 is 11.6 Å². The summed E-state index contributed by atoms with van der Waals surface area (Å²) in [5, 5.41) is 20.8. The van der Waals surface area contributed by atoms with Crippen molar-refractivity contribution in [1.29, 1.82) is 0 Å². The summed E-state index contributed by atoms with van der Waals surface area (Å²) in [6, 6.07) is 7.33. The highest BCUT2D eigenvalue weighted by Crippen LogP contribution is 2.36. The van der Waals surface area contributed by atoms with E-state index in [1.165, 1.54) is 24.3 Å². The van der Waals surface area contributed by atoms with Gasteiger partial charge in [0.05, 0.1) is 21.7 Å². The van der Waals surface area contributed by atoms with Gasteiger partial charge >= 0.3 is 0 Å². The van der Waals surface area contributed by atoms with Gasteiger partial charge in [0.25, 0.3) is 17.5 Å². The number of fused-ring (bicyclic) bond motifs is 1. The number of hydrogen-bond acceptors (Lipinski definition) is 5. The monoisotopic (exact) mass is 318 g/mol. The summed E-state index contributed by atoms with van der Waals surface area (Å²) >= 11 is 5.82. The van der Waals surface area contributed by atoms with E-state index in [0.29, 0.717) is 0 Å². The molecule has 0 aromatic heterocycles. The molecule has 0 aliphatic carbocycles. The second kappa shape index (κ2) is 4.81. The molecule has 0 unspecified atom stereocenters. The molecule has 0 fully saturated rings. The lowest BCUT2D eigenvalue weighted by Crippen LogP contribution is -2.29. The lowest BCUT2D eigenvalue weighted by Gasteiger charge is -2.15. The fourth-order valence-electron chi connectivity index (χ4n) is 2.24. The number of nitrogens with zero attached hydrogens (tertiary/aromatic N) is 2. The normalized spacial score (nSPS) is 13.4. The number of amides is 2. The summed E-state index contributed by atoms with van der Waals surface area (Å²) in [4.78, 5) is 35.6. The van der Waals surface area contributed by atoms with Crippen LogP contribution in [0.5, 0.6) is 5.75 Å². The van der Waals surface area contributed by atoms with E-state index in [1.54, 1.807) is 0 Å². The second-order valence-electron chi connectivity index (χ2n) is 4.57. The number of phenols is 1. The topological polar surface area (TPSA) is 101 Å². The smallest absolute Gasteiger partial charge is 0.270 e. The van der Waals surface area contributed by atoms with Gasteiger partial charge in [-0.2, -0.15) is 0 Å². The Kier molecular flexibility index (Phi) is 3.07. The molecule has 1 aliphatic heterocycles. The Morgan fingerprint density at radius 3 is 2.41 bits per heavy atom. The third-order valence-electron chi connectivity index (χ3n) is 3.26. The van der Waals surface area contributed by atoms with E-state index >= 15 is 0 Å². The summed E-state index contributed by atoms with van der Waals surface area (Å²) in [5.74, 6) is -1.72. The van der Waals surface area contributed by atoms with Gasteiger partial charge < -0.3 is 5.11 Å². The van der Waals surface area contributed by atoms with Crippen LogP contribution in [-0.2, 0) is 0 Å². The average Bonchev–Trinajstić information content (AvgIpc) is 2.73. The number of rotatable bonds is 2. The molecule has 1 heterocycles. The van der Waals surface area contributed by atoms with Gasteiger partial charge in [0, 0.05) is 17.2 Å². The number of aromatic hydroxyl groups is 1. The highest BCUT2D eigenvalue weighted by Gasteiger charge is 2.39. The number of carbonyl (C=O) groups is 2. The van der Waals surface area contributed by atoms with Crippen LogP contribution in [0.4, 0.5) is 11.4 Å². The lowest BCUT2D eigenvalue weighted by atomic mass is 10.1. The van der Waals surface area contributed by atoms with Crippen LogP contribution in [0.3, 0.4) is 0 Å². The standard InChI is InChI=1S/C14H7ClN2O5/c15-7-1-4-12(18)11(5-7)16-13(19)9-3-2-8(17(21)22)6-10(9)14(16)20/h1-6,18H. The van der Waals surface area contributed by atoms with Crippen LogP contribution in [0.25, 0.3) is 0 Å². The Morgan fingerprint density at radius 1 is 1.05 bits per heavy atom. The SMILES string of the molecule is O=C1c2ccc([N+](=O)[O-])cc2C(=O)N1c1cc(Cl)ccc1O. The molecule has 3 rings (SSSR count). The summed E-state index contributed by atoms with van der Waals surface area (Å²) in [6.45, 7) is 0. The van der Waals surface area contributed by atoms with Gasteiger partial charge in [-0.05, 0) is 24.3 Å². The first-order chi connectivity index (χ1) is 10.4. The molecule has 0 saturated carbocycles. The van der Waals surface area contributed by atoms with E-state index in [4.69, 9.17) is 11.6 Å². The zero-order valence-corrected chi connectivity index (χ0v) is 11.6. The number of phenolic OH excluding ortho intramolecular Hbond substituents is 1. The number of non-ortho nitro benzene ring substituents is 1. The molecule has 1 N–H and O–H groups in total. The third kappa shape index (κ3) is 1.99. The van der Waals surface area contributed by atoms with Crippen LogP contribution in [0, 0.1) is 10.1 Å². The minimum atomic E-state index is -0.749. The number of imide groups is 1. The van der Waals surface area contributed by atoms with Crippen molar-refractivity contribution in [3.63, 3.8) is 0 Å². The quantitative estimate of drug-likeness (QED) is 0.521. The highest BCUT2D eigenvalue weighted by atomic mass is 35.5. The Morgan fingerprint density at radius 2 is 1.73 bits per heavy atom. The number of benzene rings is 2. The molecule has 0 radical (unpaired) electrons. The predicted octanol–water partition coefficient (Wildman–Crippen LogP) is 2.75. The average molecular weight is 319 g/mol. The Hall–Kier alpha value is -2.93. The molecule has 1 aliphatic rings. The maximum Gasteiger partial charge on any atom is 0.270 e. The molecule has 2 aromatic carbocycles. The van der Waals surface area contributed by atoms with Crippen LogP contribution in [-0.4, -0.2) is 21.8 Å². The predicted molar refractivity (Wildman–Crippen MR) is 77.4 cm³/mol. The van der Waals surface area contributed by atoms with Gasteiger partial charge in [0.1, 0.15) is 5.75 Å². The number of anilines is 1. The summed E-state index contributed by atoms with van der Waals surface area (Å²) in [6.07, 6.45) is 0. The van der Waals surface area contributed by atoms with Gasteiger partial charge in [0.2, 0.25) is 0 Å². The third-order valence-corrected chi connectivity index (χ3v) is 3.49. The highest BCUT2D eigenvalue weighted by molar-refractivity contribution is 6.36. The van der Waals surface area contributed by atoms with Gasteiger partial charge in [-0.15, -0.1) is 0 Å². The van der Waals surface area contributed by atoms with E-state index in [0.717, 1.165) is 17.0 Å². The minimum absolute atomic E-state index is 0.0370. The molecular formula is C14H7ClN2O5. The Bertz CT molecular complexity index is 849. The van der Waals surface area contributed by atoms with E-state index in [-0.39, 0.29) is 33.3 Å². The number of nitro groups is 1. The molecule has 2 amide bonds. The molecular weight excluding hydrogens is 312 g/mol. The molecule has 0 bridgehead atoms. The summed E-state index contributed by atoms with van der Waals surface area (Å²) in [5.41, 5.74) is -0.410. The number of nitro benzene ring substituents is 1. The maximum absolute atomic E-state index is 12.4. The Labute approximate surface area is 128 Å². The summed E-state index contributed by atoms with van der Waals surface area (Å²) in [7, 11) is 0. The van der Waals surface area contributed by atoms with Gasteiger partial charge in [0.15, 0.2) is 0 Å². The van der Waals surface area contributed by atoms with Crippen LogP contribution in [0.15, 0.2) is 36.4 Å². The van der Waals surface area contributed by atoms with Gasteiger partial charge in [-0.1, -0.05) is 11.6 Å². The number of hydrogen-bond donors (Lipinski definition) is 1. The molecule has 110 valence electrons. The number of carbonyl (C=O) groups excluding carboxylic acids is 2. The maximum atomic E-state index is 12.4. The van der Waals surface area contributed by atoms with Gasteiger partial charge in [-0.3, -0.25) is 19.7 Å². The van der Waals surface area contributed by atoms with E-state index in [2.05, 4.69) is 0 Å². The van der Waals surface area contributed by atoms with Gasteiger partial charge in [-0.25, -0.2) is 4.90 Å². The fourth-order valence-corrected chi connectivity index (χ4v) is 2.40. The van der Waals surface area contributed by atoms with Crippen molar-refractivity contribution < 1.29 is 19.6 Å². The van der Waals surface area contributed by atoms with Crippen molar-refractivity contribution in [3.8, 4) is 5.75 Å².